The second kappa shape index (κ2) is 5.15. The van der Waals surface area contributed by atoms with Gasteiger partial charge in [0.2, 0.25) is 0 Å². The highest BCUT2D eigenvalue weighted by atomic mass is 15.2. The monoisotopic (exact) mass is 283 g/mol. The highest BCUT2D eigenvalue weighted by Gasteiger charge is 2.28. The van der Waals surface area contributed by atoms with E-state index >= 15 is 0 Å². The quantitative estimate of drug-likeness (QED) is 0.898. The zero-order chi connectivity index (χ0) is 14.2. The predicted octanol–water partition coefficient (Wildman–Crippen LogP) is 1.99. The Hall–Kier alpha value is -1.88. The largest absolute Gasteiger partial charge is 0.364 e. The van der Waals surface area contributed by atoms with Gasteiger partial charge in [-0.25, -0.2) is 9.97 Å². The average molecular weight is 283 g/mol. The minimum absolute atomic E-state index is 0.576. The summed E-state index contributed by atoms with van der Waals surface area (Å²) in [6, 6.07) is 8.66. The number of rotatable bonds is 4. The van der Waals surface area contributed by atoms with Crippen molar-refractivity contribution in [3.8, 4) is 0 Å². The van der Waals surface area contributed by atoms with Gasteiger partial charge in [0.25, 0.3) is 0 Å². The van der Waals surface area contributed by atoms with Crippen LogP contribution in [0.3, 0.4) is 0 Å². The van der Waals surface area contributed by atoms with Gasteiger partial charge in [-0.3, -0.25) is 0 Å². The number of anilines is 2. The molecule has 2 aromatic rings. The van der Waals surface area contributed by atoms with Crippen LogP contribution in [0.5, 0.6) is 0 Å². The number of nitrogens with two attached hydrogens (primary N) is 1. The van der Waals surface area contributed by atoms with Gasteiger partial charge in [-0.2, -0.15) is 0 Å². The summed E-state index contributed by atoms with van der Waals surface area (Å²) in [6.07, 6.45) is 3.62. The van der Waals surface area contributed by atoms with Crippen LogP contribution in [-0.2, 0) is 0 Å². The van der Waals surface area contributed by atoms with Crippen molar-refractivity contribution in [3.05, 3.63) is 24.3 Å². The molecule has 110 valence electrons. The van der Waals surface area contributed by atoms with E-state index in [0.717, 1.165) is 48.7 Å². The Labute approximate surface area is 124 Å². The Morgan fingerprint density at radius 1 is 1.14 bits per heavy atom. The molecule has 1 saturated heterocycles. The molecule has 1 atom stereocenters. The molecule has 1 aliphatic heterocycles. The van der Waals surface area contributed by atoms with Gasteiger partial charge < -0.3 is 16.0 Å². The summed E-state index contributed by atoms with van der Waals surface area (Å²) in [4.78, 5) is 12.0. The smallest absolute Gasteiger partial charge is 0.172 e. The summed E-state index contributed by atoms with van der Waals surface area (Å²) < 4.78 is 0. The molecule has 0 unspecified atom stereocenters. The van der Waals surface area contributed by atoms with Crippen LogP contribution < -0.4 is 16.0 Å². The second-order valence-electron chi connectivity index (χ2n) is 6.14. The maximum atomic E-state index is 5.82. The number of nitrogens with zero attached hydrogens (tertiary/aromatic N) is 3. The fourth-order valence-corrected chi connectivity index (χ4v) is 2.95. The number of fused-ring (bicyclic) bond motifs is 1. The van der Waals surface area contributed by atoms with E-state index in [1.165, 1.54) is 12.8 Å². The first-order chi connectivity index (χ1) is 10.3. The van der Waals surface area contributed by atoms with Crippen LogP contribution in [0.1, 0.15) is 19.3 Å². The topological polar surface area (TPSA) is 67.1 Å². The van der Waals surface area contributed by atoms with Gasteiger partial charge in [0.1, 0.15) is 0 Å². The SMILES string of the molecule is NC[C@@H]1CCN(c2nc3ccccc3nc2NC2CC2)C1. The second-order valence-corrected chi connectivity index (χ2v) is 6.14. The molecule has 2 heterocycles. The third-order valence-corrected chi connectivity index (χ3v) is 4.39. The molecule has 5 nitrogen and oxygen atoms in total. The molecule has 1 aromatic heterocycles. The van der Waals surface area contributed by atoms with Gasteiger partial charge in [0.05, 0.1) is 11.0 Å². The zero-order valence-corrected chi connectivity index (χ0v) is 12.1. The van der Waals surface area contributed by atoms with Crippen molar-refractivity contribution >= 4 is 22.7 Å². The van der Waals surface area contributed by atoms with Gasteiger partial charge in [-0.05, 0) is 43.9 Å². The standard InChI is InChI=1S/C16H21N5/c17-9-11-7-8-21(10-11)16-15(18-12-5-6-12)19-13-3-1-2-4-14(13)20-16/h1-4,11-12H,5-10,17H2,(H,18,19)/t11-/m0/s1. The van der Waals surface area contributed by atoms with Crippen molar-refractivity contribution in [3.63, 3.8) is 0 Å². The molecule has 5 heteroatoms. The van der Waals surface area contributed by atoms with Crippen LogP contribution >= 0.6 is 0 Å². The fourth-order valence-electron chi connectivity index (χ4n) is 2.95. The Morgan fingerprint density at radius 3 is 2.57 bits per heavy atom. The fraction of sp³-hybridized carbons (Fsp3) is 0.500. The van der Waals surface area contributed by atoms with Crippen LogP contribution in [0.4, 0.5) is 11.6 Å². The van der Waals surface area contributed by atoms with E-state index in [-0.39, 0.29) is 0 Å². The van der Waals surface area contributed by atoms with E-state index in [1.54, 1.807) is 0 Å². The highest BCUT2D eigenvalue weighted by Crippen LogP contribution is 2.32. The van der Waals surface area contributed by atoms with Gasteiger partial charge in [-0.1, -0.05) is 12.1 Å². The molecule has 21 heavy (non-hydrogen) atoms. The molecule has 0 bridgehead atoms. The molecule has 0 radical (unpaired) electrons. The van der Waals surface area contributed by atoms with Crippen molar-refractivity contribution < 1.29 is 0 Å². The predicted molar refractivity (Wildman–Crippen MR) is 85.6 cm³/mol. The van der Waals surface area contributed by atoms with E-state index in [2.05, 4.69) is 10.2 Å². The number of hydrogen-bond acceptors (Lipinski definition) is 5. The summed E-state index contributed by atoms with van der Waals surface area (Å²) >= 11 is 0. The molecular weight excluding hydrogens is 262 g/mol. The van der Waals surface area contributed by atoms with E-state index in [0.29, 0.717) is 12.0 Å². The molecular formula is C16H21N5. The minimum Gasteiger partial charge on any atom is -0.364 e. The molecule has 1 aromatic carbocycles. The number of nitrogens with one attached hydrogen (secondary N) is 1. The molecule has 4 rings (SSSR count). The van der Waals surface area contributed by atoms with Gasteiger partial charge in [-0.15, -0.1) is 0 Å². The van der Waals surface area contributed by atoms with Gasteiger partial charge in [0.15, 0.2) is 11.6 Å². The summed E-state index contributed by atoms with van der Waals surface area (Å²) in [7, 11) is 0. The van der Waals surface area contributed by atoms with Crippen LogP contribution in [0.25, 0.3) is 11.0 Å². The van der Waals surface area contributed by atoms with Crippen LogP contribution in [-0.4, -0.2) is 35.6 Å². The summed E-state index contributed by atoms with van der Waals surface area (Å²) in [6.45, 7) is 2.76. The third-order valence-electron chi connectivity index (χ3n) is 4.39. The summed E-state index contributed by atoms with van der Waals surface area (Å²) in [5.74, 6) is 2.51. The van der Waals surface area contributed by atoms with E-state index < -0.39 is 0 Å². The molecule has 0 amide bonds. The summed E-state index contributed by atoms with van der Waals surface area (Å²) in [5.41, 5.74) is 7.74. The van der Waals surface area contributed by atoms with Crippen molar-refractivity contribution in [1.82, 2.24) is 9.97 Å². The van der Waals surface area contributed by atoms with Crippen molar-refractivity contribution in [2.45, 2.75) is 25.3 Å². The highest BCUT2D eigenvalue weighted by molar-refractivity contribution is 5.80. The maximum absolute atomic E-state index is 5.82. The average Bonchev–Trinajstić information content (AvgIpc) is 3.20. The van der Waals surface area contributed by atoms with Crippen LogP contribution in [0.2, 0.25) is 0 Å². The van der Waals surface area contributed by atoms with Gasteiger partial charge in [0, 0.05) is 19.1 Å². The molecule has 0 spiro atoms. The third kappa shape index (κ3) is 2.53. The Morgan fingerprint density at radius 2 is 1.90 bits per heavy atom. The number of hydrogen-bond donors (Lipinski definition) is 2. The van der Waals surface area contributed by atoms with Crippen LogP contribution in [0, 0.1) is 5.92 Å². The summed E-state index contributed by atoms with van der Waals surface area (Å²) in [5, 5.41) is 3.54. The van der Waals surface area contributed by atoms with E-state index in [1.807, 2.05) is 24.3 Å². The lowest BCUT2D eigenvalue weighted by atomic mass is 10.1. The Balaban J connectivity index is 1.73. The molecule has 2 fully saturated rings. The normalized spacial score (nSPS) is 22.0. The minimum atomic E-state index is 0.576. The van der Waals surface area contributed by atoms with Crippen LogP contribution in [0.15, 0.2) is 24.3 Å². The molecule has 1 aliphatic carbocycles. The van der Waals surface area contributed by atoms with E-state index in [9.17, 15) is 0 Å². The molecule has 1 saturated carbocycles. The first-order valence-electron chi connectivity index (χ1n) is 7.82. The first-order valence-corrected chi connectivity index (χ1v) is 7.82. The number of benzene rings is 1. The first kappa shape index (κ1) is 12.8. The Bertz CT molecular complexity index is 652. The van der Waals surface area contributed by atoms with Crippen molar-refractivity contribution in [1.29, 1.82) is 0 Å². The maximum Gasteiger partial charge on any atom is 0.172 e. The zero-order valence-electron chi connectivity index (χ0n) is 12.1. The van der Waals surface area contributed by atoms with Crippen molar-refractivity contribution in [2.24, 2.45) is 11.7 Å². The molecule has 2 aliphatic rings. The number of para-hydroxylation sites is 2. The lowest BCUT2D eigenvalue weighted by Crippen LogP contribution is -2.25. The van der Waals surface area contributed by atoms with Crippen molar-refractivity contribution in [2.75, 3.05) is 29.9 Å². The van der Waals surface area contributed by atoms with Gasteiger partial charge >= 0.3 is 0 Å². The molecule has 3 N–H and O–H groups in total. The van der Waals surface area contributed by atoms with E-state index in [4.69, 9.17) is 15.7 Å². The Kier molecular flexibility index (Phi) is 3.15. The number of aromatic nitrogens is 2. The lowest BCUT2D eigenvalue weighted by molar-refractivity contribution is 0.602. The lowest BCUT2D eigenvalue weighted by Gasteiger charge is -2.21.